The number of aryl methyl sites for hydroxylation is 1. The number of nitrogens with zero attached hydrogens (tertiary/aromatic N) is 1. The molecule has 0 saturated carbocycles. The molecule has 1 aromatic carbocycles. The van der Waals surface area contributed by atoms with Crippen LogP contribution in [0.25, 0.3) is 0 Å². The third-order valence-electron chi connectivity index (χ3n) is 3.23. The maximum atomic E-state index is 12.6. The van der Waals surface area contributed by atoms with Crippen LogP contribution in [0, 0.1) is 18.8 Å². The highest BCUT2D eigenvalue weighted by Crippen LogP contribution is 2.14. The zero-order valence-electron chi connectivity index (χ0n) is 12.6. The lowest BCUT2D eigenvalue weighted by atomic mass is 10.0. The van der Waals surface area contributed by atoms with Crippen molar-refractivity contribution in [1.29, 1.82) is 0 Å². The zero-order chi connectivity index (χ0) is 15.0. The standard InChI is InChI=1S/C17H23NO2/c1-4-6-11-18(5-2)17(20)16-13-15(8-7-12-19)10-9-14(16)3/h9-10,13,19H,4-6,11-12H2,1-3H3. The number of carbonyl (C=O) groups excluding carboxylic acids is 1. The molecule has 1 amide bonds. The predicted octanol–water partition coefficient (Wildman–Crippen LogP) is 2.60. The van der Waals surface area contributed by atoms with Gasteiger partial charge in [-0.25, -0.2) is 0 Å². The van der Waals surface area contributed by atoms with E-state index < -0.39 is 0 Å². The van der Waals surface area contributed by atoms with Gasteiger partial charge >= 0.3 is 0 Å². The molecule has 3 nitrogen and oxygen atoms in total. The van der Waals surface area contributed by atoms with Crippen molar-refractivity contribution in [2.45, 2.75) is 33.6 Å². The van der Waals surface area contributed by atoms with Crippen molar-refractivity contribution in [3.05, 3.63) is 34.9 Å². The van der Waals surface area contributed by atoms with E-state index in [9.17, 15) is 4.79 Å². The van der Waals surface area contributed by atoms with Gasteiger partial charge in [0.25, 0.3) is 5.91 Å². The highest BCUT2D eigenvalue weighted by atomic mass is 16.2. The van der Waals surface area contributed by atoms with Crippen LogP contribution < -0.4 is 0 Å². The Labute approximate surface area is 121 Å². The van der Waals surface area contributed by atoms with E-state index in [2.05, 4.69) is 18.8 Å². The second-order valence-electron chi connectivity index (χ2n) is 4.73. The average Bonchev–Trinajstić information content (AvgIpc) is 2.47. The SMILES string of the molecule is CCCCN(CC)C(=O)c1cc(C#CCO)ccc1C. The Bertz CT molecular complexity index is 511. The molecular weight excluding hydrogens is 250 g/mol. The van der Waals surface area contributed by atoms with E-state index in [0.29, 0.717) is 12.1 Å². The molecule has 0 fully saturated rings. The summed E-state index contributed by atoms with van der Waals surface area (Å²) in [6.45, 7) is 7.38. The second kappa shape index (κ2) is 8.39. The van der Waals surface area contributed by atoms with E-state index >= 15 is 0 Å². The zero-order valence-corrected chi connectivity index (χ0v) is 12.6. The van der Waals surface area contributed by atoms with E-state index in [1.807, 2.05) is 36.9 Å². The fourth-order valence-corrected chi connectivity index (χ4v) is 1.99. The third kappa shape index (κ3) is 4.40. The minimum atomic E-state index is -0.172. The number of hydrogen-bond donors (Lipinski definition) is 1. The summed E-state index contributed by atoms with van der Waals surface area (Å²) < 4.78 is 0. The topological polar surface area (TPSA) is 40.5 Å². The molecule has 0 atom stereocenters. The molecule has 1 aromatic rings. The van der Waals surface area contributed by atoms with Gasteiger partial charge in [-0.1, -0.05) is 31.3 Å². The van der Waals surface area contributed by atoms with E-state index in [0.717, 1.165) is 30.5 Å². The minimum absolute atomic E-state index is 0.0612. The molecule has 108 valence electrons. The Morgan fingerprint density at radius 2 is 2.10 bits per heavy atom. The molecule has 0 saturated heterocycles. The van der Waals surface area contributed by atoms with Crippen LogP contribution in [-0.2, 0) is 0 Å². The van der Waals surface area contributed by atoms with Crippen LogP contribution in [0.5, 0.6) is 0 Å². The molecule has 0 bridgehead atoms. The van der Waals surface area contributed by atoms with Gasteiger partial charge in [0, 0.05) is 24.2 Å². The van der Waals surface area contributed by atoms with Crippen LogP contribution >= 0.6 is 0 Å². The van der Waals surface area contributed by atoms with Crippen molar-refractivity contribution in [2.75, 3.05) is 19.7 Å². The molecule has 0 heterocycles. The number of amides is 1. The number of unbranched alkanes of at least 4 members (excludes halogenated alkanes) is 1. The number of carbonyl (C=O) groups is 1. The van der Waals surface area contributed by atoms with Crippen LogP contribution in [0.2, 0.25) is 0 Å². The Morgan fingerprint density at radius 3 is 2.70 bits per heavy atom. The molecule has 0 unspecified atom stereocenters. The molecule has 0 aliphatic heterocycles. The first-order chi connectivity index (χ1) is 9.63. The molecule has 20 heavy (non-hydrogen) atoms. The number of hydrogen-bond acceptors (Lipinski definition) is 2. The molecule has 0 aliphatic carbocycles. The number of aliphatic hydroxyl groups is 1. The lowest BCUT2D eigenvalue weighted by Gasteiger charge is -2.21. The first kappa shape index (κ1) is 16.3. The normalized spacial score (nSPS) is 9.80. The summed E-state index contributed by atoms with van der Waals surface area (Å²) in [6.07, 6.45) is 2.09. The molecule has 3 heteroatoms. The molecular formula is C17H23NO2. The van der Waals surface area contributed by atoms with Gasteiger partial charge in [-0.3, -0.25) is 4.79 Å². The van der Waals surface area contributed by atoms with Crippen LogP contribution in [-0.4, -0.2) is 35.6 Å². The summed E-state index contributed by atoms with van der Waals surface area (Å²) in [6, 6.07) is 5.59. The monoisotopic (exact) mass is 273 g/mol. The smallest absolute Gasteiger partial charge is 0.254 e. The summed E-state index contributed by atoms with van der Waals surface area (Å²) in [7, 11) is 0. The highest BCUT2D eigenvalue weighted by molar-refractivity contribution is 5.96. The molecule has 0 radical (unpaired) electrons. The average molecular weight is 273 g/mol. The summed E-state index contributed by atoms with van der Waals surface area (Å²) in [4.78, 5) is 14.4. The Balaban J connectivity index is 3.00. The van der Waals surface area contributed by atoms with Crippen LogP contribution in [0.15, 0.2) is 18.2 Å². The molecule has 0 aliphatic rings. The predicted molar refractivity (Wildman–Crippen MR) is 81.6 cm³/mol. The van der Waals surface area contributed by atoms with E-state index in [4.69, 9.17) is 5.11 Å². The summed E-state index contributed by atoms with van der Waals surface area (Å²) in [5, 5.41) is 8.74. The highest BCUT2D eigenvalue weighted by Gasteiger charge is 2.16. The van der Waals surface area contributed by atoms with Gasteiger partial charge in [0.1, 0.15) is 6.61 Å². The fraction of sp³-hybridized carbons (Fsp3) is 0.471. The maximum absolute atomic E-state index is 12.6. The number of rotatable bonds is 5. The van der Waals surface area contributed by atoms with Crippen LogP contribution in [0.1, 0.15) is 48.2 Å². The molecule has 1 rings (SSSR count). The van der Waals surface area contributed by atoms with Gasteiger partial charge in [-0.2, -0.15) is 0 Å². The summed E-state index contributed by atoms with van der Waals surface area (Å²) >= 11 is 0. The largest absolute Gasteiger partial charge is 0.384 e. The van der Waals surface area contributed by atoms with E-state index in [-0.39, 0.29) is 12.5 Å². The van der Waals surface area contributed by atoms with Crippen molar-refractivity contribution in [1.82, 2.24) is 4.90 Å². The summed E-state index contributed by atoms with van der Waals surface area (Å²) in [5.41, 5.74) is 2.42. The van der Waals surface area contributed by atoms with Gasteiger partial charge in [-0.05, 0) is 38.0 Å². The lowest BCUT2D eigenvalue weighted by molar-refractivity contribution is 0.0761. The van der Waals surface area contributed by atoms with Crippen molar-refractivity contribution in [2.24, 2.45) is 0 Å². The maximum Gasteiger partial charge on any atom is 0.254 e. The van der Waals surface area contributed by atoms with E-state index in [1.165, 1.54) is 0 Å². The number of benzene rings is 1. The second-order valence-corrected chi connectivity index (χ2v) is 4.73. The van der Waals surface area contributed by atoms with Gasteiger partial charge < -0.3 is 10.0 Å². The van der Waals surface area contributed by atoms with Crippen molar-refractivity contribution >= 4 is 5.91 Å². The lowest BCUT2D eigenvalue weighted by Crippen LogP contribution is -2.32. The first-order valence-electron chi connectivity index (χ1n) is 7.13. The van der Waals surface area contributed by atoms with Crippen molar-refractivity contribution < 1.29 is 9.90 Å². The van der Waals surface area contributed by atoms with Crippen LogP contribution in [0.3, 0.4) is 0 Å². The van der Waals surface area contributed by atoms with Gasteiger partial charge in [-0.15, -0.1) is 0 Å². The van der Waals surface area contributed by atoms with Gasteiger partial charge in [0.2, 0.25) is 0 Å². The Morgan fingerprint density at radius 1 is 1.35 bits per heavy atom. The van der Waals surface area contributed by atoms with E-state index in [1.54, 1.807) is 0 Å². The molecule has 1 N–H and O–H groups in total. The van der Waals surface area contributed by atoms with Crippen molar-refractivity contribution in [3.63, 3.8) is 0 Å². The number of aliphatic hydroxyl groups excluding tert-OH is 1. The third-order valence-corrected chi connectivity index (χ3v) is 3.23. The Hall–Kier alpha value is -1.79. The minimum Gasteiger partial charge on any atom is -0.384 e. The van der Waals surface area contributed by atoms with Gasteiger partial charge in [0.05, 0.1) is 0 Å². The van der Waals surface area contributed by atoms with Crippen molar-refractivity contribution in [3.8, 4) is 11.8 Å². The van der Waals surface area contributed by atoms with Gasteiger partial charge in [0.15, 0.2) is 0 Å². The quantitative estimate of drug-likeness (QED) is 0.838. The Kier molecular flexibility index (Phi) is 6.83. The molecule has 0 aromatic heterocycles. The first-order valence-corrected chi connectivity index (χ1v) is 7.13. The van der Waals surface area contributed by atoms with Crippen LogP contribution in [0.4, 0.5) is 0 Å². The fourth-order valence-electron chi connectivity index (χ4n) is 1.99. The summed E-state index contributed by atoms with van der Waals surface area (Å²) in [5.74, 6) is 5.52. The molecule has 0 spiro atoms.